The predicted octanol–water partition coefficient (Wildman–Crippen LogP) is 6.90. The van der Waals surface area contributed by atoms with Crippen LogP contribution in [-0.2, 0) is 21.9 Å². The SMILES string of the molecule is CN(C[C@@]1(c2ccc(Cl)cc2)C[C@H]1CN1CCC(c2nc(Cc3ccccc3)no2)CC1)S(=O)(=O)c1ccc(-c2ccccn2)s1. The minimum atomic E-state index is -3.69. The van der Waals surface area contributed by atoms with Crippen molar-refractivity contribution in [2.75, 3.05) is 33.2 Å². The Labute approximate surface area is 279 Å². The monoisotopic (exact) mass is 673 g/mol. The number of nitrogens with zero attached hydrogens (tertiary/aromatic N) is 5. The maximum atomic E-state index is 13.8. The minimum Gasteiger partial charge on any atom is -0.339 e. The highest BCUT2D eigenvalue weighted by Gasteiger charge is 2.57. The maximum absolute atomic E-state index is 13.8. The van der Waals surface area contributed by atoms with Crippen LogP contribution in [0.1, 0.15) is 48.0 Å². The molecule has 8 nitrogen and oxygen atoms in total. The van der Waals surface area contributed by atoms with Crippen LogP contribution in [0.3, 0.4) is 0 Å². The van der Waals surface area contributed by atoms with Gasteiger partial charge in [0.25, 0.3) is 10.0 Å². The fourth-order valence-corrected chi connectivity index (χ4v) is 9.60. The third kappa shape index (κ3) is 6.55. The molecule has 238 valence electrons. The van der Waals surface area contributed by atoms with Gasteiger partial charge in [0.15, 0.2) is 5.82 Å². The van der Waals surface area contributed by atoms with Gasteiger partial charge in [-0.15, -0.1) is 11.3 Å². The summed E-state index contributed by atoms with van der Waals surface area (Å²) in [6, 6.07) is 27.3. The Morgan fingerprint density at radius 2 is 1.76 bits per heavy atom. The average Bonchev–Trinajstić information content (AvgIpc) is 3.40. The van der Waals surface area contributed by atoms with Gasteiger partial charge < -0.3 is 9.42 Å². The second-order valence-corrected chi connectivity index (χ2v) is 16.2. The lowest BCUT2D eigenvalue weighted by Gasteiger charge is -2.32. The Kier molecular flexibility index (Phi) is 8.82. The van der Waals surface area contributed by atoms with Gasteiger partial charge in [-0.25, -0.2) is 8.42 Å². The zero-order chi connectivity index (χ0) is 31.7. The molecule has 1 aliphatic carbocycles. The molecule has 2 aliphatic rings. The van der Waals surface area contributed by atoms with Crippen LogP contribution in [0.2, 0.25) is 5.02 Å². The van der Waals surface area contributed by atoms with E-state index in [4.69, 9.17) is 21.1 Å². The second-order valence-electron chi connectivity index (χ2n) is 12.4. The van der Waals surface area contributed by atoms with Crippen molar-refractivity contribution >= 4 is 33.0 Å². The molecule has 2 fully saturated rings. The van der Waals surface area contributed by atoms with Crippen molar-refractivity contribution in [3.05, 3.63) is 119 Å². The summed E-state index contributed by atoms with van der Waals surface area (Å²) in [6.07, 6.45) is 5.22. The van der Waals surface area contributed by atoms with E-state index >= 15 is 0 Å². The fraction of sp³-hybridized carbons (Fsp3) is 0.343. The molecular weight excluding hydrogens is 638 g/mol. The van der Waals surface area contributed by atoms with Crippen LogP contribution in [0.4, 0.5) is 0 Å². The first-order valence-electron chi connectivity index (χ1n) is 15.6. The lowest BCUT2D eigenvalue weighted by molar-refractivity contribution is 0.182. The summed E-state index contributed by atoms with van der Waals surface area (Å²) < 4.78 is 35.2. The molecule has 7 rings (SSSR count). The standard InChI is InChI=1S/C35H36ClN5O3S2/c1-40(46(42,43)33-15-14-31(45-33)30-9-5-6-18-37-30)24-35(27-10-12-29(36)13-11-27)22-28(35)23-41-19-16-26(17-20-41)34-38-32(39-44-34)21-25-7-3-2-4-8-25/h2-15,18,26,28H,16-17,19-24H2,1H3/t28-,35+/m0/s1. The van der Waals surface area contributed by atoms with Gasteiger partial charge in [-0.1, -0.05) is 65.3 Å². The summed E-state index contributed by atoms with van der Waals surface area (Å²) in [4.78, 5) is 12.4. The lowest BCUT2D eigenvalue weighted by Crippen LogP contribution is -2.39. The summed E-state index contributed by atoms with van der Waals surface area (Å²) in [5.74, 6) is 2.05. The van der Waals surface area contributed by atoms with Crippen molar-refractivity contribution < 1.29 is 12.9 Å². The molecule has 46 heavy (non-hydrogen) atoms. The van der Waals surface area contributed by atoms with E-state index in [9.17, 15) is 8.42 Å². The van der Waals surface area contributed by atoms with E-state index in [1.807, 2.05) is 54.6 Å². The van der Waals surface area contributed by atoms with Crippen LogP contribution in [0, 0.1) is 5.92 Å². The van der Waals surface area contributed by atoms with Crippen LogP contribution in [0.15, 0.2) is 99.9 Å². The molecule has 0 N–H and O–H groups in total. The van der Waals surface area contributed by atoms with Crippen molar-refractivity contribution in [3.63, 3.8) is 0 Å². The number of piperidine rings is 1. The van der Waals surface area contributed by atoms with E-state index in [2.05, 4.69) is 39.3 Å². The summed E-state index contributed by atoms with van der Waals surface area (Å²) in [6.45, 7) is 3.19. The average molecular weight is 674 g/mol. The molecule has 0 radical (unpaired) electrons. The summed E-state index contributed by atoms with van der Waals surface area (Å²) in [7, 11) is -1.99. The number of sulfonamides is 1. The molecule has 5 aromatic rings. The van der Waals surface area contributed by atoms with Crippen molar-refractivity contribution in [2.45, 2.75) is 41.2 Å². The molecule has 0 unspecified atom stereocenters. The van der Waals surface area contributed by atoms with Crippen molar-refractivity contribution in [1.29, 1.82) is 0 Å². The molecular formula is C35H36ClN5O3S2. The Morgan fingerprint density at radius 1 is 1.00 bits per heavy atom. The van der Waals surface area contributed by atoms with E-state index in [0.29, 0.717) is 28.1 Å². The Morgan fingerprint density at radius 3 is 2.50 bits per heavy atom. The van der Waals surface area contributed by atoms with Gasteiger partial charge in [0, 0.05) is 49.1 Å². The quantitative estimate of drug-likeness (QED) is 0.151. The normalized spacial score (nSPS) is 20.7. The highest BCUT2D eigenvalue weighted by Crippen LogP contribution is 2.56. The number of likely N-dealkylation sites (tertiary alicyclic amines) is 1. The van der Waals surface area contributed by atoms with Crippen LogP contribution in [0.5, 0.6) is 0 Å². The van der Waals surface area contributed by atoms with E-state index < -0.39 is 10.0 Å². The molecule has 1 aliphatic heterocycles. The highest BCUT2D eigenvalue weighted by atomic mass is 35.5. The first-order chi connectivity index (χ1) is 22.3. The van der Waals surface area contributed by atoms with Gasteiger partial charge in [0.1, 0.15) is 4.21 Å². The molecule has 2 aromatic carbocycles. The molecule has 11 heteroatoms. The Balaban J connectivity index is 1.01. The number of halogens is 1. The predicted molar refractivity (Wildman–Crippen MR) is 181 cm³/mol. The van der Waals surface area contributed by atoms with Gasteiger partial charge in [-0.2, -0.15) is 9.29 Å². The number of rotatable bonds is 11. The smallest absolute Gasteiger partial charge is 0.252 e. The number of pyridine rings is 1. The van der Waals surface area contributed by atoms with E-state index in [1.165, 1.54) is 21.2 Å². The number of hydrogen-bond acceptors (Lipinski definition) is 8. The van der Waals surface area contributed by atoms with E-state index in [1.54, 1.807) is 19.3 Å². The highest BCUT2D eigenvalue weighted by molar-refractivity contribution is 7.91. The third-order valence-electron chi connectivity index (χ3n) is 9.42. The van der Waals surface area contributed by atoms with Crippen molar-refractivity contribution in [3.8, 4) is 10.6 Å². The molecule has 0 spiro atoms. The van der Waals surface area contributed by atoms with Gasteiger partial charge in [-0.05, 0) is 85.8 Å². The zero-order valence-corrected chi connectivity index (χ0v) is 28.0. The Hall–Kier alpha value is -3.41. The lowest BCUT2D eigenvalue weighted by atomic mass is 9.92. The Bertz CT molecular complexity index is 1870. The summed E-state index contributed by atoms with van der Waals surface area (Å²) in [5.41, 5.74) is 2.80. The number of aromatic nitrogens is 3. The number of thiophene rings is 1. The summed E-state index contributed by atoms with van der Waals surface area (Å²) >= 11 is 7.52. The maximum Gasteiger partial charge on any atom is 0.252 e. The number of benzene rings is 2. The molecule has 0 amide bonds. The molecule has 0 bridgehead atoms. The van der Waals surface area contributed by atoms with Crippen LogP contribution in [0.25, 0.3) is 10.6 Å². The molecule has 1 saturated carbocycles. The van der Waals surface area contributed by atoms with Gasteiger partial charge in [0.2, 0.25) is 5.89 Å². The second kappa shape index (κ2) is 13.0. The zero-order valence-electron chi connectivity index (χ0n) is 25.6. The number of hydrogen-bond donors (Lipinski definition) is 0. The van der Waals surface area contributed by atoms with E-state index in [0.717, 1.165) is 66.7 Å². The van der Waals surface area contributed by atoms with E-state index in [-0.39, 0.29) is 11.3 Å². The van der Waals surface area contributed by atoms with Gasteiger partial charge >= 0.3 is 0 Å². The topological polar surface area (TPSA) is 92.4 Å². The largest absolute Gasteiger partial charge is 0.339 e. The van der Waals surface area contributed by atoms with Crippen molar-refractivity contribution in [1.82, 2.24) is 24.3 Å². The molecule has 1 saturated heterocycles. The number of likely N-dealkylation sites (N-methyl/N-ethyl adjacent to an activating group) is 1. The minimum absolute atomic E-state index is 0.256. The summed E-state index contributed by atoms with van der Waals surface area (Å²) in [5, 5.41) is 4.92. The van der Waals surface area contributed by atoms with Gasteiger partial charge in [-0.3, -0.25) is 4.98 Å². The third-order valence-corrected chi connectivity index (χ3v) is 13.1. The van der Waals surface area contributed by atoms with Crippen molar-refractivity contribution in [2.24, 2.45) is 5.92 Å². The van der Waals surface area contributed by atoms with Crippen LogP contribution in [-0.4, -0.2) is 66.0 Å². The first kappa shape index (κ1) is 31.2. The first-order valence-corrected chi connectivity index (χ1v) is 18.3. The molecule has 2 atom stereocenters. The van der Waals surface area contributed by atoms with Crippen LogP contribution < -0.4 is 0 Å². The fourth-order valence-electron chi connectivity index (χ4n) is 6.74. The molecule has 3 aromatic heterocycles. The van der Waals surface area contributed by atoms with Gasteiger partial charge in [0.05, 0.1) is 10.6 Å². The molecule has 4 heterocycles. The van der Waals surface area contributed by atoms with Crippen LogP contribution >= 0.6 is 22.9 Å².